The summed E-state index contributed by atoms with van der Waals surface area (Å²) in [6, 6.07) is 0. The van der Waals surface area contributed by atoms with E-state index in [9.17, 15) is 14.4 Å². The second kappa shape index (κ2) is 60.5. The normalized spacial score (nSPS) is 13.7. The zero-order valence-electron chi connectivity index (χ0n) is 47.0. The van der Waals surface area contributed by atoms with Crippen molar-refractivity contribution >= 4 is 17.9 Å². The van der Waals surface area contributed by atoms with Crippen molar-refractivity contribution in [2.24, 2.45) is 0 Å². The van der Waals surface area contributed by atoms with E-state index < -0.39 is 18.0 Å². The van der Waals surface area contributed by atoms with Crippen molar-refractivity contribution in [3.05, 3.63) is 207 Å². The summed E-state index contributed by atoms with van der Waals surface area (Å²) in [6.07, 6.45) is 94.2. The summed E-state index contributed by atoms with van der Waals surface area (Å²) in [6.45, 7) is 6.10. The van der Waals surface area contributed by atoms with Crippen molar-refractivity contribution in [2.75, 3.05) is 13.2 Å². The molecule has 0 bridgehead atoms. The average Bonchev–Trinajstić information content (AvgIpc) is 3.41. The summed E-state index contributed by atoms with van der Waals surface area (Å²) < 4.78 is 16.7. The minimum Gasteiger partial charge on any atom is -0.462 e. The van der Waals surface area contributed by atoms with Crippen LogP contribution in [0.1, 0.15) is 188 Å². The second-order valence-electron chi connectivity index (χ2n) is 17.7. The molecule has 1 atom stereocenters. The molecular formula is C69H100O6. The smallest absolute Gasteiger partial charge is 0.306 e. The number of rotatable bonds is 48. The van der Waals surface area contributed by atoms with Crippen molar-refractivity contribution in [2.45, 2.75) is 194 Å². The number of hydrogen-bond donors (Lipinski definition) is 0. The van der Waals surface area contributed by atoms with E-state index in [1.807, 2.05) is 12.2 Å². The Labute approximate surface area is 458 Å². The maximum absolute atomic E-state index is 12.8. The molecule has 0 fully saturated rings. The lowest BCUT2D eigenvalue weighted by atomic mass is 10.2. The first-order chi connectivity index (χ1) is 37.0. The first-order valence-electron chi connectivity index (χ1n) is 28.6. The third-order valence-corrected chi connectivity index (χ3v) is 10.8. The highest BCUT2D eigenvalue weighted by Crippen LogP contribution is 2.09. The molecule has 6 nitrogen and oxygen atoms in total. The molecule has 0 aromatic rings. The van der Waals surface area contributed by atoms with Crippen LogP contribution in [0.15, 0.2) is 207 Å². The number of allylic oxidation sites excluding steroid dienone is 34. The van der Waals surface area contributed by atoms with Gasteiger partial charge in [-0.1, -0.05) is 227 Å². The van der Waals surface area contributed by atoms with Crippen LogP contribution in [0.2, 0.25) is 0 Å². The van der Waals surface area contributed by atoms with Gasteiger partial charge in [0.05, 0.1) is 0 Å². The molecule has 0 aromatic heterocycles. The zero-order chi connectivity index (χ0) is 54.3. The van der Waals surface area contributed by atoms with Gasteiger partial charge in [0.2, 0.25) is 0 Å². The quantitative estimate of drug-likeness (QED) is 0.0261. The molecule has 0 aliphatic rings. The van der Waals surface area contributed by atoms with Gasteiger partial charge in [0.1, 0.15) is 13.2 Å². The van der Waals surface area contributed by atoms with Crippen LogP contribution < -0.4 is 0 Å². The lowest BCUT2D eigenvalue weighted by Gasteiger charge is -2.18. The number of ether oxygens (including phenoxy) is 3. The third-order valence-electron chi connectivity index (χ3n) is 10.8. The van der Waals surface area contributed by atoms with E-state index >= 15 is 0 Å². The van der Waals surface area contributed by atoms with E-state index in [1.54, 1.807) is 0 Å². The molecule has 0 aliphatic heterocycles. The molecule has 0 amide bonds. The number of hydrogen-bond acceptors (Lipinski definition) is 6. The van der Waals surface area contributed by atoms with Crippen molar-refractivity contribution < 1.29 is 28.6 Å². The highest BCUT2D eigenvalue weighted by Gasteiger charge is 2.19. The van der Waals surface area contributed by atoms with Gasteiger partial charge in [-0.15, -0.1) is 0 Å². The highest BCUT2D eigenvalue weighted by molar-refractivity contribution is 5.71. The van der Waals surface area contributed by atoms with Gasteiger partial charge < -0.3 is 14.2 Å². The maximum atomic E-state index is 12.8. The molecule has 0 aliphatic carbocycles. The average molecular weight is 1030 g/mol. The molecule has 0 N–H and O–H groups in total. The van der Waals surface area contributed by atoms with Gasteiger partial charge in [-0.3, -0.25) is 14.4 Å². The predicted molar refractivity (Wildman–Crippen MR) is 324 cm³/mol. The SMILES string of the molecule is CC/C=C\C/C=C\C/C=C\C/C=C\C/C=C\C/C=C\C/C=C\C/C=C\C/C=C\CCCC(=O)OCC(COC(=O)CC/C=C\C/C=C\C/C=C\C/C=C\CC)OC(=O)CCCC/C=C\C/C=C\C/C=C\C/C=C\CC. The largest absolute Gasteiger partial charge is 0.462 e. The zero-order valence-corrected chi connectivity index (χ0v) is 47.0. The Morgan fingerprint density at radius 1 is 0.267 bits per heavy atom. The first-order valence-corrected chi connectivity index (χ1v) is 28.6. The van der Waals surface area contributed by atoms with Crippen molar-refractivity contribution in [3.8, 4) is 0 Å². The minimum absolute atomic E-state index is 0.160. The number of carbonyl (C=O) groups is 3. The van der Waals surface area contributed by atoms with Gasteiger partial charge in [-0.05, 0) is 148 Å². The van der Waals surface area contributed by atoms with Crippen LogP contribution in [0.4, 0.5) is 0 Å². The molecule has 0 heterocycles. The van der Waals surface area contributed by atoms with E-state index in [-0.39, 0.29) is 38.4 Å². The van der Waals surface area contributed by atoms with Crippen LogP contribution in [-0.4, -0.2) is 37.2 Å². The standard InChI is InChI=1S/C69H100O6/c1-4-7-10-13-16-19-22-25-27-28-29-30-31-32-33-34-35-36-37-38-39-40-42-44-47-50-53-56-59-62-68(71)74-65-66(64-73-67(70)61-58-55-52-49-46-43-24-21-18-15-12-9-6-3)75-69(72)63-60-57-54-51-48-45-41-26-23-20-17-14-11-8-5-2/h7-12,16-21,25-27,29-30,32-33,35-36,38-39,41-44,46,48,50-53,55,66H,4-6,13-15,22-24,28,31,34,37,40,45,47,49,54,56-65H2,1-3H3/b10-7-,11-8-,12-9-,19-16-,20-17-,21-18-,27-25-,30-29-,33-32-,36-35-,39-38-,41-26-,44-42-,46-43-,51-48-,53-50-,55-52-. The van der Waals surface area contributed by atoms with Gasteiger partial charge >= 0.3 is 17.9 Å². The molecule has 0 saturated heterocycles. The molecule has 0 spiro atoms. The minimum atomic E-state index is -0.865. The molecular weight excluding hydrogens is 925 g/mol. The van der Waals surface area contributed by atoms with Gasteiger partial charge in [-0.25, -0.2) is 0 Å². The summed E-state index contributed by atoms with van der Waals surface area (Å²) in [5, 5.41) is 0. The van der Waals surface area contributed by atoms with Gasteiger partial charge in [-0.2, -0.15) is 0 Å². The van der Waals surface area contributed by atoms with Crippen LogP contribution in [0.5, 0.6) is 0 Å². The number of unbranched alkanes of at least 4 members (excludes halogenated alkanes) is 3. The van der Waals surface area contributed by atoms with Crippen LogP contribution in [-0.2, 0) is 28.6 Å². The summed E-state index contributed by atoms with van der Waals surface area (Å²) in [5.74, 6) is -1.16. The van der Waals surface area contributed by atoms with E-state index in [4.69, 9.17) is 14.2 Å². The van der Waals surface area contributed by atoms with Crippen molar-refractivity contribution in [1.29, 1.82) is 0 Å². The Hall–Kier alpha value is -6.01. The monoisotopic (exact) mass is 1020 g/mol. The molecule has 0 saturated carbocycles. The number of esters is 3. The fourth-order valence-corrected chi connectivity index (χ4v) is 6.62. The second-order valence-corrected chi connectivity index (χ2v) is 17.7. The van der Waals surface area contributed by atoms with Crippen LogP contribution >= 0.6 is 0 Å². The molecule has 0 radical (unpaired) electrons. The van der Waals surface area contributed by atoms with Crippen LogP contribution in [0.3, 0.4) is 0 Å². The van der Waals surface area contributed by atoms with Crippen molar-refractivity contribution in [3.63, 3.8) is 0 Å². The predicted octanol–water partition coefficient (Wildman–Crippen LogP) is 19.6. The van der Waals surface area contributed by atoms with Gasteiger partial charge in [0, 0.05) is 19.3 Å². The highest BCUT2D eigenvalue weighted by atomic mass is 16.6. The summed E-state index contributed by atoms with van der Waals surface area (Å²) in [7, 11) is 0. The lowest BCUT2D eigenvalue weighted by Crippen LogP contribution is -2.30. The Bertz CT molecular complexity index is 1900. The van der Waals surface area contributed by atoms with E-state index in [2.05, 4.69) is 215 Å². The van der Waals surface area contributed by atoms with Gasteiger partial charge in [0.15, 0.2) is 6.10 Å². The van der Waals surface area contributed by atoms with Crippen molar-refractivity contribution in [1.82, 2.24) is 0 Å². The van der Waals surface area contributed by atoms with E-state index in [0.29, 0.717) is 19.3 Å². The summed E-state index contributed by atoms with van der Waals surface area (Å²) in [4.78, 5) is 38.0. The van der Waals surface area contributed by atoms with Crippen LogP contribution in [0, 0.1) is 0 Å². The fourth-order valence-electron chi connectivity index (χ4n) is 6.62. The lowest BCUT2D eigenvalue weighted by molar-refractivity contribution is -0.166. The molecule has 75 heavy (non-hydrogen) atoms. The Kier molecular flexibility index (Phi) is 55.7. The molecule has 412 valence electrons. The molecule has 1 unspecified atom stereocenters. The molecule has 0 rings (SSSR count). The Balaban J connectivity index is 4.57. The first kappa shape index (κ1) is 69.0. The van der Waals surface area contributed by atoms with Gasteiger partial charge in [0.25, 0.3) is 0 Å². The Morgan fingerprint density at radius 3 is 0.813 bits per heavy atom. The molecule has 6 heteroatoms. The summed E-state index contributed by atoms with van der Waals surface area (Å²) in [5.41, 5.74) is 0. The van der Waals surface area contributed by atoms with Crippen LogP contribution in [0.25, 0.3) is 0 Å². The molecule has 0 aromatic carbocycles. The number of carbonyl (C=O) groups excluding carboxylic acids is 3. The van der Waals surface area contributed by atoms with E-state index in [1.165, 1.54) is 0 Å². The topological polar surface area (TPSA) is 78.9 Å². The van der Waals surface area contributed by atoms with E-state index in [0.717, 1.165) is 128 Å². The Morgan fingerprint density at radius 2 is 0.507 bits per heavy atom. The summed E-state index contributed by atoms with van der Waals surface area (Å²) >= 11 is 0. The fraction of sp³-hybridized carbons (Fsp3) is 0.464. The third kappa shape index (κ3) is 58.7. The maximum Gasteiger partial charge on any atom is 0.306 e.